The number of ketones is 2. The molecular formula is C29H26BrFN2O7. The van der Waals surface area contributed by atoms with Gasteiger partial charge in [0.2, 0.25) is 5.78 Å². The Morgan fingerprint density at radius 3 is 2.58 bits per heavy atom. The topological polar surface area (TPSA) is 133 Å². The molecule has 3 aliphatic carbocycles. The number of fused-ring (bicyclic) bond motifs is 4. The maximum Gasteiger partial charge on any atom is 0.265 e. The summed E-state index contributed by atoms with van der Waals surface area (Å²) in [6.45, 7) is 1.56. The van der Waals surface area contributed by atoms with E-state index in [4.69, 9.17) is 9.26 Å². The van der Waals surface area contributed by atoms with E-state index in [-0.39, 0.29) is 63.4 Å². The lowest BCUT2D eigenvalue weighted by Gasteiger charge is -2.49. The molecule has 3 aromatic rings. The maximum atomic E-state index is 15.3. The van der Waals surface area contributed by atoms with Gasteiger partial charge in [-0.1, -0.05) is 30.3 Å². The normalized spacial score (nSPS) is 25.4. The summed E-state index contributed by atoms with van der Waals surface area (Å²) < 4.78 is 26.8. The largest absolute Gasteiger partial charge is 0.508 e. The van der Waals surface area contributed by atoms with Crippen molar-refractivity contribution in [2.24, 2.45) is 11.8 Å². The summed E-state index contributed by atoms with van der Waals surface area (Å²) in [4.78, 5) is 29.5. The molecule has 0 saturated carbocycles. The first-order valence-electron chi connectivity index (χ1n) is 12.8. The minimum atomic E-state index is -2.51. The number of Topliss-reactive ketones (excluding diaryl/α,β-unsaturated/α-hetero) is 2. The number of aliphatic hydroxyl groups is 2. The average molecular weight is 613 g/mol. The standard InChI is InChI=1S/C29H26BrFN2O7/c1-12-20(30)24(35)18-15(21(12)31)9-14-10-16-22(33(2)3)25-19(27(37)29(16,38)26(36)17(14)23(18)34)28(32-40-25)39-11-13-7-5-4-6-8-13/h4-8,14,16,22,35-36,38H,9-11H2,1-3H3/t14-,16-,22-,29-/m0/s1. The smallest absolute Gasteiger partial charge is 0.265 e. The number of carbonyl (C=O) groups excluding carboxylic acids is 2. The highest BCUT2D eigenvalue weighted by molar-refractivity contribution is 9.10. The van der Waals surface area contributed by atoms with Crippen LogP contribution in [0.15, 0.2) is 50.7 Å². The van der Waals surface area contributed by atoms with Gasteiger partial charge in [0, 0.05) is 22.6 Å². The Morgan fingerprint density at radius 2 is 1.90 bits per heavy atom. The Bertz CT molecular complexity index is 1620. The Hall–Kier alpha value is -3.54. The second-order valence-electron chi connectivity index (χ2n) is 10.8. The van der Waals surface area contributed by atoms with Crippen molar-refractivity contribution in [3.8, 4) is 11.6 Å². The summed E-state index contributed by atoms with van der Waals surface area (Å²) in [6.07, 6.45) is 0.0505. The van der Waals surface area contributed by atoms with Crippen LogP contribution >= 0.6 is 15.9 Å². The van der Waals surface area contributed by atoms with Gasteiger partial charge in [-0.3, -0.25) is 14.5 Å². The predicted octanol–water partition coefficient (Wildman–Crippen LogP) is 4.59. The molecule has 1 aromatic heterocycles. The van der Waals surface area contributed by atoms with Crippen LogP contribution < -0.4 is 4.74 Å². The van der Waals surface area contributed by atoms with Gasteiger partial charge in [-0.2, -0.15) is 0 Å². The molecule has 6 rings (SSSR count). The minimum Gasteiger partial charge on any atom is -0.508 e. The van der Waals surface area contributed by atoms with Gasteiger partial charge in [-0.15, -0.1) is 0 Å². The highest BCUT2D eigenvalue weighted by atomic mass is 79.9. The van der Waals surface area contributed by atoms with Crippen molar-refractivity contribution in [3.05, 3.63) is 85.5 Å². The number of halogens is 2. The third-order valence-electron chi connectivity index (χ3n) is 8.38. The van der Waals surface area contributed by atoms with Crippen molar-refractivity contribution in [1.82, 2.24) is 10.1 Å². The third-order valence-corrected chi connectivity index (χ3v) is 9.35. The minimum absolute atomic E-state index is 0.0103. The number of carbonyl (C=O) groups is 2. The Kier molecular flexibility index (Phi) is 6.17. The van der Waals surface area contributed by atoms with Crippen molar-refractivity contribution < 1.29 is 38.6 Å². The average Bonchev–Trinajstić information content (AvgIpc) is 3.35. The maximum absolute atomic E-state index is 15.3. The van der Waals surface area contributed by atoms with Crippen LogP contribution in [-0.2, 0) is 13.0 Å². The predicted molar refractivity (Wildman–Crippen MR) is 143 cm³/mol. The number of aromatic hydroxyl groups is 1. The van der Waals surface area contributed by atoms with Gasteiger partial charge in [-0.05, 0) is 66.4 Å². The van der Waals surface area contributed by atoms with Crippen molar-refractivity contribution >= 4 is 27.5 Å². The number of benzene rings is 2. The number of rotatable bonds is 4. The van der Waals surface area contributed by atoms with E-state index in [1.165, 1.54) is 6.92 Å². The molecular weight excluding hydrogens is 587 g/mol. The number of phenolic OH excluding ortho intramolecular Hbond substituents is 1. The van der Waals surface area contributed by atoms with Crippen molar-refractivity contribution in [2.45, 2.75) is 38.0 Å². The van der Waals surface area contributed by atoms with Crippen LogP contribution in [0, 0.1) is 24.6 Å². The van der Waals surface area contributed by atoms with Gasteiger partial charge in [-0.25, -0.2) is 4.39 Å². The first-order chi connectivity index (χ1) is 19.0. The second-order valence-corrected chi connectivity index (χ2v) is 11.6. The van der Waals surface area contributed by atoms with E-state index in [1.54, 1.807) is 19.0 Å². The van der Waals surface area contributed by atoms with Gasteiger partial charge < -0.3 is 24.6 Å². The summed E-state index contributed by atoms with van der Waals surface area (Å²) in [5.74, 6) is -5.26. The lowest BCUT2D eigenvalue weighted by atomic mass is 9.58. The van der Waals surface area contributed by atoms with E-state index in [0.29, 0.717) is 0 Å². The molecule has 0 unspecified atom stereocenters. The van der Waals surface area contributed by atoms with E-state index in [0.717, 1.165) is 5.56 Å². The number of ether oxygens (including phenoxy) is 1. The molecule has 0 fully saturated rings. The monoisotopic (exact) mass is 612 g/mol. The van der Waals surface area contributed by atoms with Crippen LogP contribution in [0.25, 0.3) is 0 Å². The molecule has 1 heterocycles. The third kappa shape index (κ3) is 3.54. The fourth-order valence-electron chi connectivity index (χ4n) is 6.45. The first-order valence-corrected chi connectivity index (χ1v) is 13.5. The molecule has 208 valence electrons. The van der Waals surface area contributed by atoms with E-state index < -0.39 is 52.4 Å². The molecule has 2 aromatic carbocycles. The van der Waals surface area contributed by atoms with E-state index in [9.17, 15) is 24.9 Å². The molecule has 9 nitrogen and oxygen atoms in total. The van der Waals surface area contributed by atoms with Crippen molar-refractivity contribution in [3.63, 3.8) is 0 Å². The van der Waals surface area contributed by atoms with Crippen LogP contribution in [0.3, 0.4) is 0 Å². The van der Waals surface area contributed by atoms with Crippen LogP contribution in [0.5, 0.6) is 11.6 Å². The molecule has 40 heavy (non-hydrogen) atoms. The molecule has 4 atom stereocenters. The molecule has 0 radical (unpaired) electrons. The van der Waals surface area contributed by atoms with Crippen molar-refractivity contribution in [2.75, 3.05) is 14.1 Å². The molecule has 3 N–H and O–H groups in total. The molecule has 0 bridgehead atoms. The molecule has 0 spiro atoms. The lowest BCUT2D eigenvalue weighted by molar-refractivity contribution is -0.0559. The Balaban J connectivity index is 1.49. The number of hydrogen-bond donors (Lipinski definition) is 3. The highest BCUT2D eigenvalue weighted by Gasteiger charge is 2.64. The summed E-state index contributed by atoms with van der Waals surface area (Å²) in [6, 6.07) is 8.47. The van der Waals surface area contributed by atoms with Crippen molar-refractivity contribution in [1.29, 1.82) is 0 Å². The number of allylic oxidation sites excluding steroid dienone is 1. The van der Waals surface area contributed by atoms with Crippen LogP contribution in [0.1, 0.15) is 55.6 Å². The zero-order valence-electron chi connectivity index (χ0n) is 21.9. The number of aromatic nitrogens is 1. The Labute approximate surface area is 237 Å². The summed E-state index contributed by atoms with van der Waals surface area (Å²) in [5, 5.41) is 38.3. The van der Waals surface area contributed by atoms with E-state index in [1.807, 2.05) is 30.3 Å². The zero-order valence-corrected chi connectivity index (χ0v) is 23.5. The summed E-state index contributed by atoms with van der Waals surface area (Å²) in [7, 11) is 3.46. The van der Waals surface area contributed by atoms with E-state index >= 15 is 4.39 Å². The Morgan fingerprint density at radius 1 is 1.20 bits per heavy atom. The number of phenols is 1. The quantitative estimate of drug-likeness (QED) is 0.387. The zero-order chi connectivity index (χ0) is 28.7. The molecule has 0 aliphatic heterocycles. The lowest BCUT2D eigenvalue weighted by Crippen LogP contribution is -2.59. The van der Waals surface area contributed by atoms with E-state index in [2.05, 4.69) is 21.1 Å². The first kappa shape index (κ1) is 26.7. The van der Waals surface area contributed by atoms with Gasteiger partial charge >= 0.3 is 0 Å². The van der Waals surface area contributed by atoms with Crippen LogP contribution in [0.2, 0.25) is 0 Å². The van der Waals surface area contributed by atoms with Crippen LogP contribution in [0.4, 0.5) is 4.39 Å². The molecule has 3 aliphatic rings. The van der Waals surface area contributed by atoms with Gasteiger partial charge in [0.05, 0.1) is 16.1 Å². The number of hydrogen-bond acceptors (Lipinski definition) is 9. The fourth-order valence-corrected chi connectivity index (χ4v) is 6.82. The molecule has 0 saturated heterocycles. The van der Waals surface area contributed by atoms with Crippen LogP contribution in [-0.4, -0.2) is 56.6 Å². The molecule has 11 heteroatoms. The van der Waals surface area contributed by atoms with Gasteiger partial charge in [0.1, 0.15) is 29.5 Å². The summed E-state index contributed by atoms with van der Waals surface area (Å²) in [5.41, 5.74) is -2.12. The summed E-state index contributed by atoms with van der Waals surface area (Å²) >= 11 is 3.13. The number of aliphatic hydroxyl groups excluding tert-OH is 1. The van der Waals surface area contributed by atoms with Gasteiger partial charge in [0.25, 0.3) is 5.88 Å². The SMILES string of the molecule is Cc1c(F)c2c(c(O)c1Br)C(=O)C1=C(O)[C@]3(O)C(=O)c4c(OCc5ccccc5)noc4[C@@H](N(C)C)[C@@H]3C[C@@H]1C2. The second kappa shape index (κ2) is 9.25. The fraction of sp³-hybridized carbons (Fsp3) is 0.345. The molecule has 0 amide bonds. The highest BCUT2D eigenvalue weighted by Crippen LogP contribution is 2.57. The van der Waals surface area contributed by atoms with Gasteiger partial charge in [0.15, 0.2) is 17.1 Å². The number of nitrogens with zero attached hydrogens (tertiary/aromatic N) is 2.